The summed E-state index contributed by atoms with van der Waals surface area (Å²) in [5.41, 5.74) is 1.79. The first-order chi connectivity index (χ1) is 17.7. The molecule has 0 aromatic heterocycles. The van der Waals surface area contributed by atoms with E-state index in [9.17, 15) is 19.2 Å². The van der Waals surface area contributed by atoms with E-state index in [1.54, 1.807) is 14.2 Å². The zero-order chi connectivity index (χ0) is 27.6. The van der Waals surface area contributed by atoms with E-state index in [0.29, 0.717) is 24.2 Å². The molecular weight excluding hydrogens is 496 g/mol. The molecule has 0 aliphatic carbocycles. The fourth-order valence-electron chi connectivity index (χ4n) is 4.00. The summed E-state index contributed by atoms with van der Waals surface area (Å²) >= 11 is 5.89. The highest BCUT2D eigenvalue weighted by Crippen LogP contribution is 2.15. The standard InChI is InChI=1S/C28H43ClN2O6/c1-5-6-7-8-10-13-24(36-3)14-11-9-12-15-26(33)30(2)20-22(19-29)16-23(32)17-27(34)31-21-25(37-4)18-28(31)35/h9,11,18-19,24H,5-8,10,12-17,20-21H2,1-4H3/b11-9+,22-19-/t24-/m0/s1. The van der Waals surface area contributed by atoms with Crippen molar-refractivity contribution in [1.29, 1.82) is 0 Å². The van der Waals surface area contributed by atoms with Gasteiger partial charge < -0.3 is 14.4 Å². The summed E-state index contributed by atoms with van der Waals surface area (Å²) in [4.78, 5) is 51.6. The van der Waals surface area contributed by atoms with Gasteiger partial charge in [-0.15, -0.1) is 0 Å². The average molecular weight is 539 g/mol. The van der Waals surface area contributed by atoms with Gasteiger partial charge in [-0.25, -0.2) is 0 Å². The Hall–Kier alpha value is -2.45. The fourth-order valence-corrected chi connectivity index (χ4v) is 4.15. The molecule has 0 saturated heterocycles. The van der Waals surface area contributed by atoms with Crippen molar-refractivity contribution in [2.75, 3.05) is 34.4 Å². The van der Waals surface area contributed by atoms with Crippen molar-refractivity contribution >= 4 is 35.1 Å². The van der Waals surface area contributed by atoms with Crippen molar-refractivity contribution in [3.05, 3.63) is 35.1 Å². The van der Waals surface area contributed by atoms with Crippen LogP contribution in [0.5, 0.6) is 0 Å². The van der Waals surface area contributed by atoms with Crippen molar-refractivity contribution in [2.24, 2.45) is 0 Å². The number of Topliss-reactive ketones (excluding diaryl/α,β-unsaturated/α-hetero) is 1. The number of ether oxygens (including phenoxy) is 2. The monoisotopic (exact) mass is 538 g/mol. The lowest BCUT2D eigenvalue weighted by Gasteiger charge is -2.19. The van der Waals surface area contributed by atoms with E-state index in [1.165, 1.54) is 55.7 Å². The van der Waals surface area contributed by atoms with Gasteiger partial charge in [-0.05, 0) is 24.8 Å². The normalized spacial score (nSPS) is 14.7. The van der Waals surface area contributed by atoms with E-state index in [-0.39, 0.29) is 37.3 Å². The van der Waals surface area contributed by atoms with Gasteiger partial charge in [-0.3, -0.25) is 24.1 Å². The van der Waals surface area contributed by atoms with Crippen LogP contribution in [0.1, 0.15) is 77.6 Å². The van der Waals surface area contributed by atoms with E-state index in [4.69, 9.17) is 21.1 Å². The molecule has 208 valence electrons. The average Bonchev–Trinajstić information content (AvgIpc) is 3.27. The number of unbranched alkanes of at least 4 members (excludes halogenated alkanes) is 4. The van der Waals surface area contributed by atoms with Crippen molar-refractivity contribution in [1.82, 2.24) is 9.80 Å². The van der Waals surface area contributed by atoms with Crippen LogP contribution in [-0.2, 0) is 28.7 Å². The van der Waals surface area contributed by atoms with Gasteiger partial charge in [0.1, 0.15) is 11.5 Å². The van der Waals surface area contributed by atoms with Crippen LogP contribution in [0.4, 0.5) is 0 Å². The Bertz CT molecular complexity index is 852. The Morgan fingerprint density at radius 1 is 1.14 bits per heavy atom. The molecular formula is C28H43ClN2O6. The molecule has 3 amide bonds. The predicted octanol–water partition coefficient (Wildman–Crippen LogP) is 4.92. The number of hydrogen-bond acceptors (Lipinski definition) is 6. The first-order valence-electron chi connectivity index (χ1n) is 13.1. The first-order valence-corrected chi connectivity index (χ1v) is 13.5. The van der Waals surface area contributed by atoms with Gasteiger partial charge in [0.15, 0.2) is 0 Å². The van der Waals surface area contributed by atoms with Crippen molar-refractivity contribution in [3.63, 3.8) is 0 Å². The van der Waals surface area contributed by atoms with Gasteiger partial charge >= 0.3 is 0 Å². The molecule has 1 atom stereocenters. The topological polar surface area (TPSA) is 93.2 Å². The third-order valence-corrected chi connectivity index (χ3v) is 6.58. The van der Waals surface area contributed by atoms with Crippen molar-refractivity contribution in [2.45, 2.75) is 83.7 Å². The lowest BCUT2D eigenvalue weighted by Crippen LogP contribution is -2.34. The van der Waals surface area contributed by atoms with Gasteiger partial charge in [-0.2, -0.15) is 0 Å². The summed E-state index contributed by atoms with van der Waals surface area (Å²) in [5.74, 6) is -1.15. The number of amides is 3. The molecule has 0 bridgehead atoms. The third-order valence-electron chi connectivity index (χ3n) is 6.27. The Balaban J connectivity index is 2.35. The Morgan fingerprint density at radius 2 is 1.86 bits per heavy atom. The van der Waals surface area contributed by atoms with E-state index >= 15 is 0 Å². The molecule has 0 N–H and O–H groups in total. The highest BCUT2D eigenvalue weighted by molar-refractivity contribution is 6.26. The summed E-state index contributed by atoms with van der Waals surface area (Å²) in [6, 6.07) is 0. The maximum atomic E-state index is 12.5. The first kappa shape index (κ1) is 32.6. The summed E-state index contributed by atoms with van der Waals surface area (Å²) in [6.07, 6.45) is 14.1. The van der Waals surface area contributed by atoms with Gasteiger partial charge in [0, 0.05) is 45.2 Å². The summed E-state index contributed by atoms with van der Waals surface area (Å²) in [7, 11) is 4.81. The van der Waals surface area contributed by atoms with E-state index in [0.717, 1.165) is 17.7 Å². The van der Waals surface area contributed by atoms with E-state index < -0.39 is 18.2 Å². The van der Waals surface area contributed by atoms with Crippen LogP contribution in [0.2, 0.25) is 0 Å². The number of imide groups is 1. The number of rotatable bonds is 19. The summed E-state index contributed by atoms with van der Waals surface area (Å²) in [5, 5.41) is 0. The van der Waals surface area contributed by atoms with E-state index in [2.05, 4.69) is 13.0 Å². The van der Waals surface area contributed by atoms with Crippen molar-refractivity contribution < 1.29 is 28.7 Å². The molecule has 1 aliphatic heterocycles. The molecule has 0 unspecified atom stereocenters. The molecule has 9 heteroatoms. The lowest BCUT2D eigenvalue weighted by molar-refractivity contribution is -0.142. The molecule has 0 aromatic rings. The number of allylic oxidation sites excluding steroid dienone is 1. The van der Waals surface area contributed by atoms with E-state index in [1.807, 2.05) is 6.08 Å². The number of hydrogen-bond donors (Lipinski definition) is 0. The van der Waals surface area contributed by atoms with Crippen LogP contribution >= 0.6 is 11.6 Å². The fraction of sp³-hybridized carbons (Fsp3) is 0.643. The number of carbonyl (C=O) groups is 4. The third kappa shape index (κ3) is 13.1. The number of carbonyl (C=O) groups excluding carboxylic acids is 4. The van der Waals surface area contributed by atoms with Crippen LogP contribution in [-0.4, -0.2) is 73.8 Å². The van der Waals surface area contributed by atoms with Crippen LogP contribution in [0.25, 0.3) is 0 Å². The number of nitrogens with zero attached hydrogens (tertiary/aromatic N) is 2. The second-order valence-electron chi connectivity index (χ2n) is 9.35. The molecule has 8 nitrogen and oxygen atoms in total. The van der Waals surface area contributed by atoms with Crippen LogP contribution in [0.3, 0.4) is 0 Å². The Kier molecular flexibility index (Phi) is 16.5. The molecule has 1 rings (SSSR count). The summed E-state index contributed by atoms with van der Waals surface area (Å²) < 4.78 is 10.5. The lowest BCUT2D eigenvalue weighted by atomic mass is 10.1. The molecule has 0 aromatic carbocycles. The van der Waals surface area contributed by atoms with Crippen LogP contribution in [0.15, 0.2) is 35.1 Å². The van der Waals surface area contributed by atoms with Gasteiger partial charge in [-0.1, -0.05) is 62.8 Å². The summed E-state index contributed by atoms with van der Waals surface area (Å²) in [6.45, 7) is 2.42. The maximum absolute atomic E-state index is 12.5. The van der Waals surface area contributed by atoms with Crippen LogP contribution < -0.4 is 0 Å². The number of likely N-dealkylation sites (N-methyl/N-ethyl adjacent to an activating group) is 1. The zero-order valence-corrected chi connectivity index (χ0v) is 23.6. The molecule has 0 saturated carbocycles. The van der Waals surface area contributed by atoms with Gasteiger partial charge in [0.2, 0.25) is 11.8 Å². The van der Waals surface area contributed by atoms with Gasteiger partial charge in [0.25, 0.3) is 5.91 Å². The second-order valence-corrected chi connectivity index (χ2v) is 9.57. The quantitative estimate of drug-likeness (QED) is 0.132. The van der Waals surface area contributed by atoms with Crippen molar-refractivity contribution in [3.8, 4) is 0 Å². The highest BCUT2D eigenvalue weighted by atomic mass is 35.5. The molecule has 1 heterocycles. The minimum Gasteiger partial charge on any atom is -0.499 e. The molecule has 0 spiro atoms. The smallest absolute Gasteiger partial charge is 0.257 e. The Labute approximate surface area is 226 Å². The zero-order valence-electron chi connectivity index (χ0n) is 22.8. The van der Waals surface area contributed by atoms with Gasteiger partial charge in [0.05, 0.1) is 26.2 Å². The number of ketones is 1. The second kappa shape index (κ2) is 18.7. The number of methoxy groups -OCH3 is 2. The van der Waals surface area contributed by atoms with Crippen LogP contribution in [0, 0.1) is 0 Å². The Morgan fingerprint density at radius 3 is 2.49 bits per heavy atom. The molecule has 0 fully saturated rings. The minimum atomic E-state index is -0.587. The number of halogens is 1. The molecule has 0 radical (unpaired) electrons. The highest BCUT2D eigenvalue weighted by Gasteiger charge is 2.29. The largest absolute Gasteiger partial charge is 0.499 e. The molecule has 37 heavy (non-hydrogen) atoms. The predicted molar refractivity (Wildman–Crippen MR) is 145 cm³/mol. The SMILES string of the molecule is CCCCCCC[C@@H](C/C=C/CCC(=O)N(C)C/C(=C\Cl)CC(=O)CC(=O)N1CC(OC)=CC1=O)OC. The molecule has 1 aliphatic rings. The minimum absolute atomic E-state index is 0.0243. The maximum Gasteiger partial charge on any atom is 0.257 e.